The summed E-state index contributed by atoms with van der Waals surface area (Å²) in [5.41, 5.74) is 0.683. The average molecular weight is 400 g/mol. The van der Waals surface area contributed by atoms with E-state index >= 15 is 0 Å². The number of hydrogen-bond donors (Lipinski definition) is 2. The zero-order valence-electron chi connectivity index (χ0n) is 14.1. The summed E-state index contributed by atoms with van der Waals surface area (Å²) in [6.45, 7) is -0.538. The highest BCUT2D eigenvalue weighted by Gasteiger charge is 2.13. The lowest BCUT2D eigenvalue weighted by Crippen LogP contribution is -2.21. The first-order chi connectivity index (χ1) is 13.4. The number of anilines is 1. The zero-order chi connectivity index (χ0) is 20.1. The number of nitro groups is 1. The van der Waals surface area contributed by atoms with E-state index in [0.29, 0.717) is 11.3 Å². The van der Waals surface area contributed by atoms with Crippen molar-refractivity contribution in [3.05, 3.63) is 74.0 Å². The fraction of sp³-hybridized carbons (Fsp3) is 0.0588. The standard InChI is InChI=1S/C17H12N4O6S/c22-14-5-4-11(7-18-14)16(24)27-8-15(23)20-17-19-13(9-28-17)10-2-1-3-12(6-10)21(25)26/h1-7,9H,8H2,(H,18,22)(H,19,20,23). The highest BCUT2D eigenvalue weighted by atomic mass is 32.1. The molecule has 10 nitrogen and oxygen atoms in total. The van der Waals surface area contributed by atoms with Gasteiger partial charge in [-0.1, -0.05) is 12.1 Å². The third-order valence-corrected chi connectivity index (χ3v) is 4.22. The number of aromatic amines is 1. The predicted molar refractivity (Wildman–Crippen MR) is 100 cm³/mol. The van der Waals surface area contributed by atoms with Gasteiger partial charge < -0.3 is 9.72 Å². The van der Waals surface area contributed by atoms with Crippen LogP contribution in [-0.2, 0) is 9.53 Å². The Bertz CT molecular complexity index is 1090. The van der Waals surface area contributed by atoms with Crippen LogP contribution < -0.4 is 10.9 Å². The molecule has 0 spiro atoms. The number of ether oxygens (including phenoxy) is 1. The number of hydrogen-bond acceptors (Lipinski definition) is 8. The summed E-state index contributed by atoms with van der Waals surface area (Å²) >= 11 is 1.13. The molecule has 28 heavy (non-hydrogen) atoms. The van der Waals surface area contributed by atoms with E-state index in [1.807, 2.05) is 0 Å². The average Bonchev–Trinajstić information content (AvgIpc) is 3.15. The molecule has 1 amide bonds. The quantitative estimate of drug-likeness (QED) is 0.366. The van der Waals surface area contributed by atoms with Gasteiger partial charge in [0.05, 0.1) is 16.2 Å². The van der Waals surface area contributed by atoms with Crippen LogP contribution in [0.1, 0.15) is 10.4 Å². The molecule has 0 bridgehead atoms. The first-order valence-electron chi connectivity index (χ1n) is 7.78. The van der Waals surface area contributed by atoms with Gasteiger partial charge in [-0.25, -0.2) is 9.78 Å². The number of rotatable bonds is 6. The van der Waals surface area contributed by atoms with Crippen molar-refractivity contribution in [2.45, 2.75) is 0 Å². The maximum atomic E-state index is 11.9. The van der Waals surface area contributed by atoms with Gasteiger partial charge in [-0.3, -0.25) is 25.0 Å². The number of aromatic nitrogens is 2. The van der Waals surface area contributed by atoms with E-state index in [4.69, 9.17) is 4.74 Å². The Hall–Kier alpha value is -3.86. The van der Waals surface area contributed by atoms with Crippen LogP contribution in [0.15, 0.2) is 52.8 Å². The maximum Gasteiger partial charge on any atom is 0.340 e. The highest BCUT2D eigenvalue weighted by molar-refractivity contribution is 7.14. The van der Waals surface area contributed by atoms with Crippen LogP contribution in [0.2, 0.25) is 0 Å². The molecule has 2 aromatic heterocycles. The fourth-order valence-electron chi connectivity index (χ4n) is 2.15. The Balaban J connectivity index is 1.59. The van der Waals surface area contributed by atoms with Crippen molar-refractivity contribution in [3.8, 4) is 11.3 Å². The van der Waals surface area contributed by atoms with Crippen molar-refractivity contribution < 1.29 is 19.2 Å². The molecule has 142 valence electrons. The van der Waals surface area contributed by atoms with E-state index in [1.54, 1.807) is 17.5 Å². The van der Waals surface area contributed by atoms with E-state index in [1.165, 1.54) is 30.5 Å². The maximum absolute atomic E-state index is 11.9. The molecular weight excluding hydrogens is 388 g/mol. The monoisotopic (exact) mass is 400 g/mol. The molecule has 0 fully saturated rings. The van der Waals surface area contributed by atoms with Gasteiger partial charge >= 0.3 is 5.97 Å². The van der Waals surface area contributed by atoms with Gasteiger partial charge in [0.1, 0.15) is 0 Å². The summed E-state index contributed by atoms with van der Waals surface area (Å²) in [5.74, 6) is -1.36. The topological polar surface area (TPSA) is 144 Å². The number of carbonyl (C=O) groups excluding carboxylic acids is 2. The molecule has 0 unspecified atom stereocenters. The largest absolute Gasteiger partial charge is 0.452 e. The number of nitrogens with one attached hydrogen (secondary N) is 2. The van der Waals surface area contributed by atoms with Gasteiger partial charge in [0, 0.05) is 35.3 Å². The number of nitro benzene ring substituents is 1. The van der Waals surface area contributed by atoms with Gasteiger partial charge in [-0.2, -0.15) is 0 Å². The minimum absolute atomic E-state index is 0.0646. The van der Waals surface area contributed by atoms with Crippen LogP contribution in [0.4, 0.5) is 10.8 Å². The number of carbonyl (C=O) groups is 2. The summed E-state index contributed by atoms with van der Waals surface area (Å²) in [5, 5.41) is 15.2. The van der Waals surface area contributed by atoms with Gasteiger partial charge in [-0.15, -0.1) is 11.3 Å². The summed E-state index contributed by atoms with van der Waals surface area (Å²) in [6.07, 6.45) is 1.19. The number of benzene rings is 1. The predicted octanol–water partition coefficient (Wildman–Crippen LogP) is 2.20. The normalized spacial score (nSPS) is 10.3. The Morgan fingerprint density at radius 2 is 2.11 bits per heavy atom. The summed E-state index contributed by atoms with van der Waals surface area (Å²) in [6, 6.07) is 8.41. The number of pyridine rings is 1. The van der Waals surface area contributed by atoms with Gasteiger partial charge in [0.15, 0.2) is 11.7 Å². The third-order valence-electron chi connectivity index (χ3n) is 3.46. The fourth-order valence-corrected chi connectivity index (χ4v) is 2.89. The molecule has 0 radical (unpaired) electrons. The molecule has 11 heteroatoms. The second-order valence-corrected chi connectivity index (χ2v) is 6.27. The van der Waals surface area contributed by atoms with Gasteiger partial charge in [0.2, 0.25) is 5.56 Å². The van der Waals surface area contributed by atoms with Crippen molar-refractivity contribution in [3.63, 3.8) is 0 Å². The van der Waals surface area contributed by atoms with Crippen LogP contribution in [0.3, 0.4) is 0 Å². The van der Waals surface area contributed by atoms with Gasteiger partial charge in [-0.05, 0) is 6.07 Å². The van der Waals surface area contributed by atoms with Crippen LogP contribution in [-0.4, -0.2) is 33.4 Å². The Morgan fingerprint density at radius 1 is 1.29 bits per heavy atom. The summed E-state index contributed by atoms with van der Waals surface area (Å²) < 4.78 is 4.86. The number of thiazole rings is 1. The van der Waals surface area contributed by atoms with Crippen molar-refractivity contribution >= 4 is 34.0 Å². The molecule has 0 saturated carbocycles. The van der Waals surface area contributed by atoms with Crippen molar-refractivity contribution in [2.75, 3.05) is 11.9 Å². The molecular formula is C17H12N4O6S. The Kier molecular flexibility index (Phi) is 5.56. The molecule has 2 N–H and O–H groups in total. The minimum Gasteiger partial charge on any atom is -0.452 e. The molecule has 2 heterocycles. The number of nitrogens with zero attached hydrogens (tertiary/aromatic N) is 2. The molecule has 3 rings (SSSR count). The van der Waals surface area contributed by atoms with E-state index in [0.717, 1.165) is 11.3 Å². The SMILES string of the molecule is O=C(COC(=O)c1ccc(=O)[nH]c1)Nc1nc(-c2cccc([N+](=O)[O-])c2)cs1. The zero-order valence-corrected chi connectivity index (χ0v) is 14.9. The second kappa shape index (κ2) is 8.22. The van der Waals surface area contributed by atoms with Crippen LogP contribution >= 0.6 is 11.3 Å². The lowest BCUT2D eigenvalue weighted by molar-refractivity contribution is -0.384. The van der Waals surface area contributed by atoms with E-state index in [-0.39, 0.29) is 21.9 Å². The molecule has 0 saturated heterocycles. The Morgan fingerprint density at radius 3 is 2.82 bits per heavy atom. The summed E-state index contributed by atoms with van der Waals surface area (Å²) in [7, 11) is 0. The number of esters is 1. The van der Waals surface area contributed by atoms with Crippen molar-refractivity contribution in [1.29, 1.82) is 0 Å². The molecule has 3 aromatic rings. The van der Waals surface area contributed by atoms with Gasteiger partial charge in [0.25, 0.3) is 11.6 Å². The smallest absolute Gasteiger partial charge is 0.340 e. The van der Waals surface area contributed by atoms with E-state index in [2.05, 4.69) is 15.3 Å². The third kappa shape index (κ3) is 4.65. The minimum atomic E-state index is -0.761. The van der Waals surface area contributed by atoms with Crippen LogP contribution in [0.25, 0.3) is 11.3 Å². The first kappa shape index (κ1) is 18.9. The second-order valence-electron chi connectivity index (χ2n) is 5.41. The van der Waals surface area contributed by atoms with Crippen molar-refractivity contribution in [2.24, 2.45) is 0 Å². The van der Waals surface area contributed by atoms with Crippen molar-refractivity contribution in [1.82, 2.24) is 9.97 Å². The van der Waals surface area contributed by atoms with E-state index < -0.39 is 23.4 Å². The summed E-state index contributed by atoms with van der Waals surface area (Å²) in [4.78, 5) is 51.6. The Labute approximate surface area is 161 Å². The molecule has 0 aliphatic heterocycles. The highest BCUT2D eigenvalue weighted by Crippen LogP contribution is 2.27. The first-order valence-corrected chi connectivity index (χ1v) is 8.66. The van der Waals surface area contributed by atoms with Crippen LogP contribution in [0, 0.1) is 10.1 Å². The number of amides is 1. The molecule has 0 atom stereocenters. The van der Waals surface area contributed by atoms with E-state index in [9.17, 15) is 24.5 Å². The number of non-ortho nitro benzene ring substituents is 1. The lowest BCUT2D eigenvalue weighted by atomic mass is 10.1. The van der Waals surface area contributed by atoms with Crippen LogP contribution in [0.5, 0.6) is 0 Å². The molecule has 0 aliphatic carbocycles. The number of H-pyrrole nitrogens is 1. The molecule has 1 aromatic carbocycles. The molecule has 0 aliphatic rings. The lowest BCUT2D eigenvalue weighted by Gasteiger charge is -2.04.